The number of guanidine groups is 1. The molecule has 1 saturated heterocycles. The lowest BCUT2D eigenvalue weighted by atomic mass is 10.0. The molecule has 1 heterocycles. The number of piperidine rings is 1. The molecule has 1 aliphatic rings. The highest BCUT2D eigenvalue weighted by Gasteiger charge is 2.28. The summed E-state index contributed by atoms with van der Waals surface area (Å²) in [4.78, 5) is 7.93. The third kappa shape index (κ3) is 9.02. The molecule has 8 heteroatoms. The molecule has 0 saturated carbocycles. The molecule has 0 aliphatic carbocycles. The molecular formula is C14H28F3IN4. The average molecular weight is 436 g/mol. The Balaban J connectivity index is 0.00000441. The molecule has 1 aliphatic heterocycles. The van der Waals surface area contributed by atoms with Gasteiger partial charge < -0.3 is 10.2 Å². The van der Waals surface area contributed by atoms with Crippen molar-refractivity contribution in [1.82, 2.24) is 15.1 Å². The van der Waals surface area contributed by atoms with Crippen LogP contribution in [0.3, 0.4) is 0 Å². The van der Waals surface area contributed by atoms with Gasteiger partial charge in [-0.05, 0) is 32.7 Å². The Bertz CT molecular complexity index is 337. The highest BCUT2D eigenvalue weighted by atomic mass is 127. The molecule has 0 spiro atoms. The van der Waals surface area contributed by atoms with Crippen molar-refractivity contribution in [2.75, 3.05) is 46.3 Å². The summed E-state index contributed by atoms with van der Waals surface area (Å²) in [6, 6.07) is 0. The van der Waals surface area contributed by atoms with E-state index < -0.39 is 12.7 Å². The maximum Gasteiger partial charge on any atom is 0.401 e. The minimum absolute atomic E-state index is 0. The highest BCUT2D eigenvalue weighted by molar-refractivity contribution is 14.0. The minimum Gasteiger partial charge on any atom is -0.357 e. The van der Waals surface area contributed by atoms with Crippen molar-refractivity contribution < 1.29 is 13.2 Å². The van der Waals surface area contributed by atoms with Crippen LogP contribution in [0.2, 0.25) is 0 Å². The molecule has 0 radical (unpaired) electrons. The van der Waals surface area contributed by atoms with Crippen molar-refractivity contribution in [1.29, 1.82) is 0 Å². The fourth-order valence-corrected chi connectivity index (χ4v) is 2.52. The Morgan fingerprint density at radius 2 is 2.09 bits per heavy atom. The summed E-state index contributed by atoms with van der Waals surface area (Å²) >= 11 is 0. The summed E-state index contributed by atoms with van der Waals surface area (Å²) in [5.41, 5.74) is 0. The number of alkyl halides is 3. The zero-order valence-electron chi connectivity index (χ0n) is 13.6. The molecule has 132 valence electrons. The maximum absolute atomic E-state index is 12.2. The fourth-order valence-electron chi connectivity index (χ4n) is 2.52. The number of halogens is 4. The zero-order valence-corrected chi connectivity index (χ0v) is 15.9. The standard InChI is InChI=1S/C14H27F3N4.HI/c1-4-18-13(21-8-5-6-12(2)10-21)19-7-9-20(3)11-14(15,16)17;/h12H,4-11H2,1-3H3,(H,18,19);1H. The van der Waals surface area contributed by atoms with E-state index in [1.807, 2.05) is 6.92 Å². The van der Waals surface area contributed by atoms with Crippen LogP contribution in [0.4, 0.5) is 13.2 Å². The first-order valence-electron chi connectivity index (χ1n) is 7.60. The van der Waals surface area contributed by atoms with Crippen LogP contribution in [0.5, 0.6) is 0 Å². The van der Waals surface area contributed by atoms with Crippen molar-refractivity contribution >= 4 is 29.9 Å². The number of nitrogens with one attached hydrogen (secondary N) is 1. The number of likely N-dealkylation sites (N-methyl/N-ethyl adjacent to an activating group) is 1. The van der Waals surface area contributed by atoms with Crippen LogP contribution < -0.4 is 5.32 Å². The van der Waals surface area contributed by atoms with Crippen LogP contribution in [0.15, 0.2) is 4.99 Å². The van der Waals surface area contributed by atoms with E-state index in [2.05, 4.69) is 22.1 Å². The van der Waals surface area contributed by atoms with E-state index in [0.29, 0.717) is 19.0 Å². The predicted octanol–water partition coefficient (Wildman–Crippen LogP) is 2.80. The van der Waals surface area contributed by atoms with E-state index in [1.165, 1.54) is 18.4 Å². The van der Waals surface area contributed by atoms with Gasteiger partial charge in [0, 0.05) is 26.2 Å². The van der Waals surface area contributed by atoms with Crippen molar-refractivity contribution in [3.8, 4) is 0 Å². The molecule has 0 aromatic rings. The van der Waals surface area contributed by atoms with Crippen LogP contribution in [0.25, 0.3) is 0 Å². The Morgan fingerprint density at radius 1 is 1.41 bits per heavy atom. The fraction of sp³-hybridized carbons (Fsp3) is 0.929. The molecule has 1 atom stereocenters. The quantitative estimate of drug-likeness (QED) is 0.409. The highest BCUT2D eigenvalue weighted by Crippen LogP contribution is 2.16. The van der Waals surface area contributed by atoms with Crippen LogP contribution in [-0.4, -0.2) is 68.3 Å². The first kappa shape index (κ1) is 21.8. The van der Waals surface area contributed by atoms with Gasteiger partial charge in [0.05, 0.1) is 13.1 Å². The average Bonchev–Trinajstić information content (AvgIpc) is 2.35. The molecule has 1 N–H and O–H groups in total. The van der Waals surface area contributed by atoms with Gasteiger partial charge in [0.2, 0.25) is 0 Å². The monoisotopic (exact) mass is 436 g/mol. The van der Waals surface area contributed by atoms with E-state index in [4.69, 9.17) is 0 Å². The zero-order chi connectivity index (χ0) is 15.9. The Hall–Kier alpha value is -0.250. The summed E-state index contributed by atoms with van der Waals surface area (Å²) in [6.45, 7) is 6.70. The summed E-state index contributed by atoms with van der Waals surface area (Å²) in [7, 11) is 1.47. The Labute approximate surface area is 148 Å². The molecular weight excluding hydrogens is 408 g/mol. The van der Waals surface area contributed by atoms with E-state index in [9.17, 15) is 13.2 Å². The van der Waals surface area contributed by atoms with Gasteiger partial charge in [0.1, 0.15) is 0 Å². The van der Waals surface area contributed by atoms with Crippen LogP contribution >= 0.6 is 24.0 Å². The molecule has 0 bridgehead atoms. The molecule has 0 aromatic heterocycles. The van der Waals surface area contributed by atoms with Gasteiger partial charge in [-0.1, -0.05) is 6.92 Å². The first-order valence-corrected chi connectivity index (χ1v) is 7.60. The number of nitrogens with zero attached hydrogens (tertiary/aromatic N) is 3. The van der Waals surface area contributed by atoms with Gasteiger partial charge in [0.25, 0.3) is 0 Å². The molecule has 4 nitrogen and oxygen atoms in total. The number of rotatable bonds is 5. The van der Waals surface area contributed by atoms with Crippen molar-refractivity contribution in [3.05, 3.63) is 0 Å². The number of likely N-dealkylation sites (tertiary alicyclic amines) is 1. The topological polar surface area (TPSA) is 30.9 Å². The lowest BCUT2D eigenvalue weighted by Crippen LogP contribution is -2.46. The second-order valence-corrected chi connectivity index (χ2v) is 5.78. The number of hydrogen-bond donors (Lipinski definition) is 1. The first-order chi connectivity index (χ1) is 9.81. The molecule has 1 unspecified atom stereocenters. The van der Waals surface area contributed by atoms with Crippen molar-refractivity contribution in [3.63, 3.8) is 0 Å². The Kier molecular flexibility index (Phi) is 10.4. The van der Waals surface area contributed by atoms with Crippen molar-refractivity contribution in [2.24, 2.45) is 10.9 Å². The predicted molar refractivity (Wildman–Crippen MR) is 94.9 cm³/mol. The molecule has 0 amide bonds. The lowest BCUT2D eigenvalue weighted by Gasteiger charge is -2.33. The molecule has 22 heavy (non-hydrogen) atoms. The summed E-state index contributed by atoms with van der Waals surface area (Å²) in [6.07, 6.45) is -1.78. The van der Waals surface area contributed by atoms with E-state index in [-0.39, 0.29) is 24.0 Å². The minimum atomic E-state index is -4.15. The van der Waals surface area contributed by atoms with Gasteiger partial charge in [-0.2, -0.15) is 13.2 Å². The van der Waals surface area contributed by atoms with Crippen LogP contribution in [0.1, 0.15) is 26.7 Å². The van der Waals surface area contributed by atoms with Gasteiger partial charge in [-0.3, -0.25) is 9.89 Å². The number of hydrogen-bond acceptors (Lipinski definition) is 2. The van der Waals surface area contributed by atoms with Gasteiger partial charge in [-0.15, -0.1) is 24.0 Å². The third-order valence-electron chi connectivity index (χ3n) is 3.48. The second kappa shape index (κ2) is 10.5. The molecule has 0 aromatic carbocycles. The summed E-state index contributed by atoms with van der Waals surface area (Å²) in [5.74, 6) is 1.46. The molecule has 1 fully saturated rings. The van der Waals surface area contributed by atoms with Crippen molar-refractivity contribution in [2.45, 2.75) is 32.9 Å². The summed E-state index contributed by atoms with van der Waals surface area (Å²) in [5, 5.41) is 3.23. The lowest BCUT2D eigenvalue weighted by molar-refractivity contribution is -0.142. The van der Waals surface area contributed by atoms with E-state index in [1.54, 1.807) is 0 Å². The summed E-state index contributed by atoms with van der Waals surface area (Å²) < 4.78 is 36.7. The van der Waals surface area contributed by atoms with Gasteiger partial charge in [-0.25, -0.2) is 0 Å². The SMILES string of the molecule is CCNC(=NCCN(C)CC(F)(F)F)N1CCCC(C)C1.I. The molecule has 1 rings (SSSR count). The van der Waals surface area contributed by atoms with E-state index >= 15 is 0 Å². The maximum atomic E-state index is 12.2. The second-order valence-electron chi connectivity index (χ2n) is 5.78. The van der Waals surface area contributed by atoms with Gasteiger partial charge in [0.15, 0.2) is 5.96 Å². The normalized spacial score (nSPS) is 20.0. The largest absolute Gasteiger partial charge is 0.401 e. The van der Waals surface area contributed by atoms with E-state index in [0.717, 1.165) is 32.0 Å². The Morgan fingerprint density at radius 3 is 2.64 bits per heavy atom. The number of aliphatic imine (C=N–C) groups is 1. The van der Waals surface area contributed by atoms with Gasteiger partial charge >= 0.3 is 6.18 Å². The van der Waals surface area contributed by atoms with Crippen LogP contribution in [0, 0.1) is 5.92 Å². The smallest absolute Gasteiger partial charge is 0.357 e. The third-order valence-corrected chi connectivity index (χ3v) is 3.48. The van der Waals surface area contributed by atoms with Crippen LogP contribution in [-0.2, 0) is 0 Å².